The van der Waals surface area contributed by atoms with E-state index in [4.69, 9.17) is 33.0 Å². The Morgan fingerprint density at radius 1 is 1.12 bits per heavy atom. The molecule has 4 nitrogen and oxygen atoms in total. The van der Waals surface area contributed by atoms with Crippen molar-refractivity contribution < 1.29 is 14.6 Å². The summed E-state index contributed by atoms with van der Waals surface area (Å²) >= 11 is 13.0. The van der Waals surface area contributed by atoms with Crippen molar-refractivity contribution in [2.75, 3.05) is 26.2 Å². The molecule has 2 aliphatic heterocycles. The molecule has 1 aliphatic carbocycles. The molecule has 0 unspecified atom stereocenters. The van der Waals surface area contributed by atoms with E-state index in [9.17, 15) is 4.79 Å². The lowest BCUT2D eigenvalue weighted by Gasteiger charge is -2.38. The van der Waals surface area contributed by atoms with Crippen LogP contribution in [0.25, 0.3) is 12.2 Å². The third-order valence-electron chi connectivity index (χ3n) is 7.13. The minimum absolute atomic E-state index is 0.0442. The zero-order valence-electron chi connectivity index (χ0n) is 17.9. The van der Waals surface area contributed by atoms with Gasteiger partial charge in [0.1, 0.15) is 5.75 Å². The number of nitrogens with zero attached hydrogens (tertiary/aromatic N) is 1. The number of aliphatic carboxylic acids is 1. The summed E-state index contributed by atoms with van der Waals surface area (Å²) in [6.45, 7) is 3.13. The molecule has 0 atom stereocenters. The Balaban J connectivity index is 1.29. The van der Waals surface area contributed by atoms with Gasteiger partial charge in [-0.25, -0.2) is 0 Å². The highest BCUT2D eigenvalue weighted by atomic mass is 35.5. The molecule has 2 aromatic rings. The lowest BCUT2D eigenvalue weighted by molar-refractivity contribution is -0.137. The highest BCUT2D eigenvalue weighted by Crippen LogP contribution is 2.46. The second-order valence-corrected chi connectivity index (χ2v) is 10.1. The van der Waals surface area contributed by atoms with Gasteiger partial charge < -0.3 is 14.7 Å². The van der Waals surface area contributed by atoms with E-state index >= 15 is 0 Å². The van der Waals surface area contributed by atoms with Gasteiger partial charge in [0.15, 0.2) is 0 Å². The number of piperidine rings is 1. The Bertz CT molecular complexity index is 1050. The molecular formula is C26H27Cl2NO3. The first-order valence-corrected chi connectivity index (χ1v) is 12.1. The summed E-state index contributed by atoms with van der Waals surface area (Å²) in [5.41, 5.74) is 4.46. The number of benzene rings is 2. The molecule has 2 fully saturated rings. The third kappa shape index (κ3) is 4.41. The van der Waals surface area contributed by atoms with Crippen molar-refractivity contribution in [3.63, 3.8) is 0 Å². The van der Waals surface area contributed by atoms with E-state index < -0.39 is 5.97 Å². The van der Waals surface area contributed by atoms with Crippen molar-refractivity contribution >= 4 is 41.3 Å². The average molecular weight is 472 g/mol. The van der Waals surface area contributed by atoms with Gasteiger partial charge in [0.05, 0.1) is 13.0 Å². The second-order valence-electron chi connectivity index (χ2n) is 9.32. The number of ether oxygens (including phenoxy) is 1. The Morgan fingerprint density at radius 2 is 1.84 bits per heavy atom. The normalized spacial score (nSPS) is 19.9. The molecule has 6 heteroatoms. The molecule has 1 spiro atoms. The number of carbonyl (C=O) groups is 1. The van der Waals surface area contributed by atoms with Gasteiger partial charge in [-0.1, -0.05) is 47.5 Å². The molecule has 168 valence electrons. The Kier molecular flexibility index (Phi) is 5.96. The topological polar surface area (TPSA) is 49.8 Å². The van der Waals surface area contributed by atoms with Gasteiger partial charge in [-0.2, -0.15) is 0 Å². The van der Waals surface area contributed by atoms with Crippen molar-refractivity contribution in [1.82, 2.24) is 4.90 Å². The molecule has 1 saturated heterocycles. The molecule has 1 N–H and O–H groups in total. The van der Waals surface area contributed by atoms with Gasteiger partial charge in [-0.3, -0.25) is 4.79 Å². The zero-order valence-corrected chi connectivity index (χ0v) is 19.5. The van der Waals surface area contributed by atoms with Crippen LogP contribution >= 0.6 is 23.2 Å². The number of hydrogen-bond donors (Lipinski definition) is 1. The average Bonchev–Trinajstić information content (AvgIpc) is 3.57. The highest BCUT2D eigenvalue weighted by Gasteiger charge is 2.42. The van der Waals surface area contributed by atoms with Gasteiger partial charge in [0.25, 0.3) is 0 Å². The van der Waals surface area contributed by atoms with E-state index in [1.807, 2.05) is 24.3 Å². The quantitative estimate of drug-likeness (QED) is 0.506. The summed E-state index contributed by atoms with van der Waals surface area (Å²) in [4.78, 5) is 13.1. The summed E-state index contributed by atoms with van der Waals surface area (Å²) in [5.74, 6) is 0.836. The van der Waals surface area contributed by atoms with Crippen LogP contribution in [0.4, 0.5) is 0 Å². The Hall–Kier alpha value is -2.01. The summed E-state index contributed by atoms with van der Waals surface area (Å²) in [5, 5.41) is 10.3. The number of rotatable bonds is 6. The smallest absolute Gasteiger partial charge is 0.304 e. The van der Waals surface area contributed by atoms with Crippen LogP contribution in [0.15, 0.2) is 30.3 Å². The molecule has 3 aliphatic rings. The molecule has 0 bridgehead atoms. The number of carboxylic acid groups (broad SMARTS) is 1. The van der Waals surface area contributed by atoms with E-state index in [1.165, 1.54) is 24.0 Å². The van der Waals surface area contributed by atoms with Crippen LogP contribution in [0.5, 0.6) is 5.75 Å². The molecule has 0 amide bonds. The molecule has 1 saturated carbocycles. The van der Waals surface area contributed by atoms with Crippen LogP contribution in [-0.2, 0) is 10.2 Å². The monoisotopic (exact) mass is 471 g/mol. The van der Waals surface area contributed by atoms with Gasteiger partial charge in [0, 0.05) is 33.1 Å². The van der Waals surface area contributed by atoms with E-state index in [1.54, 1.807) is 0 Å². The third-order valence-corrected chi connectivity index (χ3v) is 7.75. The molecule has 32 heavy (non-hydrogen) atoms. The van der Waals surface area contributed by atoms with E-state index in [-0.39, 0.29) is 11.8 Å². The SMILES string of the molecule is O=C(O)CCN1CCC2(CC1)COc1cc(C=Cc3c(Cl)cc(C4CC4)cc3Cl)ccc12. The Labute approximate surface area is 198 Å². The molecular weight excluding hydrogens is 445 g/mol. The van der Waals surface area contributed by atoms with Crippen molar-refractivity contribution in [2.45, 2.75) is 43.4 Å². The predicted molar refractivity (Wildman–Crippen MR) is 129 cm³/mol. The molecule has 5 rings (SSSR count). The first-order chi connectivity index (χ1) is 15.4. The lowest BCUT2D eigenvalue weighted by atomic mass is 9.74. The first kappa shape index (κ1) is 21.8. The maximum atomic E-state index is 10.8. The van der Waals surface area contributed by atoms with Gasteiger partial charge in [-0.15, -0.1) is 0 Å². The standard InChI is InChI=1S/C26H27Cl2NO3/c27-22-14-19(18-3-4-18)15-23(28)20(22)5-1-17-2-6-21-24(13-17)32-16-26(21)8-11-29(12-9-26)10-7-25(30)31/h1-2,5-6,13-15,18H,3-4,7-12,16H2,(H,30,31). The van der Waals surface area contributed by atoms with Crippen molar-refractivity contribution in [1.29, 1.82) is 0 Å². The zero-order chi connectivity index (χ0) is 22.3. The van der Waals surface area contributed by atoms with Crippen LogP contribution in [0, 0.1) is 0 Å². The minimum Gasteiger partial charge on any atom is -0.492 e. The van der Waals surface area contributed by atoms with Gasteiger partial charge in [0.2, 0.25) is 0 Å². The fraction of sp³-hybridized carbons (Fsp3) is 0.423. The molecule has 0 radical (unpaired) electrons. The molecule has 2 aromatic carbocycles. The van der Waals surface area contributed by atoms with Gasteiger partial charge in [-0.05, 0) is 74.0 Å². The number of fused-ring (bicyclic) bond motifs is 2. The van der Waals surface area contributed by atoms with Crippen molar-refractivity contribution in [2.24, 2.45) is 0 Å². The fourth-order valence-corrected chi connectivity index (χ4v) is 5.59. The van der Waals surface area contributed by atoms with Crippen molar-refractivity contribution in [3.8, 4) is 5.75 Å². The molecule has 2 heterocycles. The van der Waals surface area contributed by atoms with E-state index in [0.29, 0.717) is 29.1 Å². The van der Waals surface area contributed by atoms with Crippen LogP contribution in [0.2, 0.25) is 10.0 Å². The van der Waals surface area contributed by atoms with E-state index in [0.717, 1.165) is 42.8 Å². The first-order valence-electron chi connectivity index (χ1n) is 11.3. The van der Waals surface area contributed by atoms with Crippen LogP contribution in [0.1, 0.15) is 60.3 Å². The molecule has 0 aromatic heterocycles. The van der Waals surface area contributed by atoms with E-state index in [2.05, 4.69) is 23.1 Å². The van der Waals surface area contributed by atoms with Gasteiger partial charge >= 0.3 is 5.97 Å². The fourth-order valence-electron chi connectivity index (χ4n) is 4.96. The number of halogens is 2. The highest BCUT2D eigenvalue weighted by molar-refractivity contribution is 6.37. The summed E-state index contributed by atoms with van der Waals surface area (Å²) < 4.78 is 6.12. The predicted octanol–water partition coefficient (Wildman–Crippen LogP) is 6.24. The van der Waals surface area contributed by atoms with Crippen LogP contribution < -0.4 is 4.74 Å². The summed E-state index contributed by atoms with van der Waals surface area (Å²) in [7, 11) is 0. The maximum Gasteiger partial charge on any atom is 0.304 e. The largest absolute Gasteiger partial charge is 0.492 e. The number of likely N-dealkylation sites (tertiary alicyclic amines) is 1. The summed E-state index contributed by atoms with van der Waals surface area (Å²) in [6.07, 6.45) is 8.65. The minimum atomic E-state index is -0.734. The lowest BCUT2D eigenvalue weighted by Crippen LogP contribution is -2.44. The Morgan fingerprint density at radius 3 is 2.50 bits per heavy atom. The number of hydrogen-bond acceptors (Lipinski definition) is 3. The number of carboxylic acids is 1. The second kappa shape index (κ2) is 8.74. The van der Waals surface area contributed by atoms with Crippen molar-refractivity contribution in [3.05, 3.63) is 62.6 Å². The van der Waals surface area contributed by atoms with Crippen LogP contribution in [-0.4, -0.2) is 42.2 Å². The maximum absolute atomic E-state index is 10.8. The summed E-state index contributed by atoms with van der Waals surface area (Å²) in [6, 6.07) is 10.5. The van der Waals surface area contributed by atoms with Crippen LogP contribution in [0.3, 0.4) is 0 Å².